The summed E-state index contributed by atoms with van der Waals surface area (Å²) in [5.41, 5.74) is 2.51. The zero-order valence-electron chi connectivity index (χ0n) is 23.0. The number of carbonyl (C=O) groups excluding carboxylic acids is 1. The van der Waals surface area contributed by atoms with Crippen LogP contribution in [0.1, 0.15) is 43.5 Å². The highest BCUT2D eigenvalue weighted by Crippen LogP contribution is 2.39. The molecule has 1 aliphatic rings. The molecule has 1 amide bonds. The Morgan fingerprint density at radius 2 is 1.97 bits per heavy atom. The van der Waals surface area contributed by atoms with Crippen molar-refractivity contribution in [3.63, 3.8) is 0 Å². The number of hydrogen-bond donors (Lipinski definition) is 0. The van der Waals surface area contributed by atoms with E-state index in [2.05, 4.69) is 33.7 Å². The van der Waals surface area contributed by atoms with Crippen molar-refractivity contribution in [2.24, 2.45) is 4.99 Å². The summed E-state index contributed by atoms with van der Waals surface area (Å²) in [4.78, 5) is 32.6. The number of amidine groups is 1. The molecule has 1 saturated heterocycles. The molecule has 1 atom stereocenters. The topological polar surface area (TPSA) is 64.9 Å². The summed E-state index contributed by atoms with van der Waals surface area (Å²) in [5.74, 6) is -0.507. The smallest absolute Gasteiger partial charge is 0.219 e. The maximum absolute atomic E-state index is 14.9. The first kappa shape index (κ1) is 28.6. The first-order valence-corrected chi connectivity index (χ1v) is 13.2. The van der Waals surface area contributed by atoms with Crippen LogP contribution in [-0.4, -0.2) is 71.8 Å². The average molecular weight is 555 g/mol. The van der Waals surface area contributed by atoms with Gasteiger partial charge in [0, 0.05) is 44.5 Å². The Morgan fingerprint density at radius 1 is 1.23 bits per heavy atom. The summed E-state index contributed by atoms with van der Waals surface area (Å²) in [6.45, 7) is 10.3. The molecule has 7 nitrogen and oxygen atoms in total. The first-order chi connectivity index (χ1) is 18.6. The minimum absolute atomic E-state index is 0.00444. The molecule has 0 radical (unpaired) electrons. The van der Waals surface area contributed by atoms with Crippen molar-refractivity contribution < 1.29 is 13.6 Å². The van der Waals surface area contributed by atoms with Crippen LogP contribution in [0.15, 0.2) is 41.5 Å². The Bertz CT molecular complexity index is 1410. The molecular weight excluding hydrogens is 522 g/mol. The Balaban J connectivity index is 2.02. The van der Waals surface area contributed by atoms with Gasteiger partial charge in [-0.15, -0.1) is 0 Å². The van der Waals surface area contributed by atoms with Crippen LogP contribution in [0.5, 0.6) is 0 Å². The van der Waals surface area contributed by atoms with Gasteiger partial charge in [0.15, 0.2) is 5.82 Å². The number of piperazine rings is 1. The number of pyridine rings is 2. The van der Waals surface area contributed by atoms with Crippen molar-refractivity contribution in [2.45, 2.75) is 39.7 Å². The number of amides is 1. The summed E-state index contributed by atoms with van der Waals surface area (Å²) in [7, 11) is 3.74. The molecule has 0 spiro atoms. The van der Waals surface area contributed by atoms with Crippen LogP contribution in [0.4, 0.5) is 20.3 Å². The highest BCUT2D eigenvalue weighted by atomic mass is 35.5. The van der Waals surface area contributed by atoms with Crippen LogP contribution in [-0.2, 0) is 4.79 Å². The van der Waals surface area contributed by atoms with Crippen LogP contribution in [0.3, 0.4) is 0 Å². The van der Waals surface area contributed by atoms with Crippen molar-refractivity contribution in [3.8, 4) is 11.3 Å². The minimum Gasteiger partial charge on any atom is -0.351 e. The van der Waals surface area contributed by atoms with Gasteiger partial charge in [0.2, 0.25) is 6.41 Å². The predicted molar refractivity (Wildman–Crippen MR) is 152 cm³/mol. The number of nitrogens with zero attached hydrogens (tertiary/aromatic N) is 6. The van der Waals surface area contributed by atoms with Gasteiger partial charge < -0.3 is 9.80 Å². The number of halogens is 3. The Hall–Kier alpha value is -3.43. The summed E-state index contributed by atoms with van der Waals surface area (Å²) in [6.07, 6.45) is 2.37. The van der Waals surface area contributed by atoms with E-state index in [1.54, 1.807) is 19.3 Å². The van der Waals surface area contributed by atoms with Crippen LogP contribution in [0.2, 0.25) is 5.02 Å². The number of benzene rings is 1. The van der Waals surface area contributed by atoms with E-state index in [0.29, 0.717) is 35.7 Å². The molecule has 0 aliphatic carbocycles. The van der Waals surface area contributed by atoms with Gasteiger partial charge in [-0.1, -0.05) is 25.4 Å². The lowest BCUT2D eigenvalue weighted by Crippen LogP contribution is -2.53. The summed E-state index contributed by atoms with van der Waals surface area (Å²) >= 11 is 6.71. The second-order valence-corrected chi connectivity index (χ2v) is 10.6. The van der Waals surface area contributed by atoms with Gasteiger partial charge in [-0.3, -0.25) is 19.7 Å². The second-order valence-electron chi connectivity index (χ2n) is 10.2. The third-order valence-electron chi connectivity index (χ3n) is 6.97. The summed E-state index contributed by atoms with van der Waals surface area (Å²) in [5, 5.41) is 0.110. The number of aryl methyl sites for hydroxylation is 1. The second kappa shape index (κ2) is 11.8. The number of carbonyl (C=O) groups is 1. The molecule has 1 unspecified atom stereocenters. The highest BCUT2D eigenvalue weighted by molar-refractivity contribution is 6.33. The van der Waals surface area contributed by atoms with Crippen molar-refractivity contribution in [1.82, 2.24) is 19.8 Å². The molecular formula is C29H33ClF2N6O. The van der Waals surface area contributed by atoms with Gasteiger partial charge in [-0.05, 0) is 62.7 Å². The molecule has 1 aliphatic heterocycles. The number of hydrogen-bond acceptors (Lipinski definition) is 5. The maximum Gasteiger partial charge on any atom is 0.219 e. The van der Waals surface area contributed by atoms with E-state index in [1.807, 2.05) is 26.8 Å². The predicted octanol–water partition coefficient (Wildman–Crippen LogP) is 5.81. The highest BCUT2D eigenvalue weighted by Gasteiger charge is 2.31. The molecule has 3 aromatic rings. The van der Waals surface area contributed by atoms with E-state index in [4.69, 9.17) is 16.6 Å². The van der Waals surface area contributed by atoms with E-state index in [0.717, 1.165) is 36.9 Å². The lowest BCUT2D eigenvalue weighted by molar-refractivity contribution is -0.106. The first-order valence-electron chi connectivity index (χ1n) is 12.9. The van der Waals surface area contributed by atoms with Gasteiger partial charge in [0.05, 0.1) is 27.7 Å². The van der Waals surface area contributed by atoms with Crippen LogP contribution in [0.25, 0.3) is 11.3 Å². The minimum atomic E-state index is -0.681. The lowest BCUT2D eigenvalue weighted by Gasteiger charge is -2.40. The molecule has 2 aromatic heterocycles. The van der Waals surface area contributed by atoms with Crippen LogP contribution >= 0.6 is 11.6 Å². The molecule has 0 saturated carbocycles. The van der Waals surface area contributed by atoms with Gasteiger partial charge in [0.1, 0.15) is 17.5 Å². The van der Waals surface area contributed by atoms with Gasteiger partial charge >= 0.3 is 0 Å². The molecule has 0 N–H and O–H groups in total. The Kier molecular flexibility index (Phi) is 8.61. The molecule has 3 heterocycles. The number of aromatic nitrogens is 2. The molecule has 1 aromatic carbocycles. The fourth-order valence-corrected chi connectivity index (χ4v) is 5.32. The number of aliphatic imine (C=N–C) groups is 1. The van der Waals surface area contributed by atoms with Gasteiger partial charge in [-0.2, -0.15) is 0 Å². The number of anilines is 2. The Labute approximate surface area is 233 Å². The molecule has 1 fully saturated rings. The van der Waals surface area contributed by atoms with Crippen molar-refractivity contribution in [1.29, 1.82) is 0 Å². The molecule has 10 heteroatoms. The monoisotopic (exact) mass is 554 g/mol. The third kappa shape index (κ3) is 5.65. The van der Waals surface area contributed by atoms with Crippen LogP contribution < -0.4 is 4.90 Å². The standard InChI is InChI=1S/C29H33ClF2N6O/c1-17(2)25-27(18(3)9-10-34-25)38(16-39)29-22(28(33-5)37-12-11-36(6)15-19(37)4)14-23(30)26(35-29)21-13-20(31)7-8-24(21)32/h7-10,13-14,16-17,19H,11-12,15H2,1-6H3/b33-28+. The normalized spacial score (nSPS) is 16.6. The van der Waals surface area contributed by atoms with E-state index < -0.39 is 11.6 Å². The molecule has 0 bridgehead atoms. The molecule has 206 valence electrons. The third-order valence-corrected chi connectivity index (χ3v) is 7.26. The van der Waals surface area contributed by atoms with Gasteiger partial charge in [0.25, 0.3) is 0 Å². The van der Waals surface area contributed by atoms with Gasteiger partial charge in [-0.25, -0.2) is 13.8 Å². The Morgan fingerprint density at radius 3 is 2.62 bits per heavy atom. The van der Waals surface area contributed by atoms with Crippen molar-refractivity contribution in [2.75, 3.05) is 38.6 Å². The molecule has 4 rings (SSSR count). The lowest BCUT2D eigenvalue weighted by atomic mass is 10.0. The number of likely N-dealkylation sites (N-methyl/N-ethyl adjacent to an activating group) is 1. The van der Waals surface area contributed by atoms with E-state index in [9.17, 15) is 13.6 Å². The zero-order chi connectivity index (χ0) is 28.4. The fourth-order valence-electron chi connectivity index (χ4n) is 5.07. The quantitative estimate of drug-likeness (QED) is 0.218. The van der Waals surface area contributed by atoms with E-state index in [-0.39, 0.29) is 34.1 Å². The van der Waals surface area contributed by atoms with Crippen molar-refractivity contribution in [3.05, 3.63) is 70.0 Å². The molecule has 39 heavy (non-hydrogen) atoms. The average Bonchev–Trinajstić information content (AvgIpc) is 2.89. The van der Waals surface area contributed by atoms with Crippen molar-refractivity contribution >= 4 is 35.4 Å². The summed E-state index contributed by atoms with van der Waals surface area (Å²) in [6, 6.07) is 6.67. The SMILES string of the molecule is C/N=C(\c1cc(Cl)c(-c2cc(F)ccc2F)nc1N(C=O)c1c(C)ccnc1C(C)C)N1CCN(C)CC1C. The largest absolute Gasteiger partial charge is 0.351 e. The zero-order valence-corrected chi connectivity index (χ0v) is 23.8. The van der Waals surface area contributed by atoms with Crippen LogP contribution in [0, 0.1) is 18.6 Å². The number of rotatable bonds is 6. The fraction of sp³-hybridized carbons (Fsp3) is 0.379. The van der Waals surface area contributed by atoms with E-state index >= 15 is 0 Å². The maximum atomic E-state index is 14.9. The van der Waals surface area contributed by atoms with E-state index in [1.165, 1.54) is 4.90 Å². The summed E-state index contributed by atoms with van der Waals surface area (Å²) < 4.78 is 29.1.